The van der Waals surface area contributed by atoms with E-state index in [2.05, 4.69) is 4.72 Å². The second-order valence-corrected chi connectivity index (χ2v) is 9.31. The van der Waals surface area contributed by atoms with Crippen LogP contribution in [0.4, 0.5) is 13.2 Å². The van der Waals surface area contributed by atoms with Crippen molar-refractivity contribution in [3.63, 3.8) is 0 Å². The molecule has 0 saturated carbocycles. The van der Waals surface area contributed by atoms with Crippen molar-refractivity contribution in [1.82, 2.24) is 9.62 Å². The van der Waals surface area contributed by atoms with Crippen LogP contribution in [0.2, 0.25) is 0 Å². The molecule has 2 unspecified atom stereocenters. The van der Waals surface area contributed by atoms with Crippen LogP contribution in [-0.4, -0.2) is 50.8 Å². The van der Waals surface area contributed by atoms with Gasteiger partial charge in [0.2, 0.25) is 15.9 Å². The fraction of sp³-hybridized carbons (Fsp3) is 0.632. The molecule has 1 aromatic carbocycles. The summed E-state index contributed by atoms with van der Waals surface area (Å²) in [6, 6.07) is 3.60. The zero-order valence-electron chi connectivity index (χ0n) is 16.0. The Hall–Kier alpha value is -1.65. The molecular formula is C19H25F3N2O4S. The molecule has 2 aliphatic rings. The van der Waals surface area contributed by atoms with Crippen LogP contribution in [-0.2, 0) is 25.7 Å². The number of amides is 1. The number of nitrogens with zero attached hydrogens (tertiary/aromatic N) is 1. The summed E-state index contributed by atoms with van der Waals surface area (Å²) < 4.78 is 72.8. The number of rotatable bonds is 7. The molecule has 2 fully saturated rings. The topological polar surface area (TPSA) is 75.7 Å². The molecular weight excluding hydrogens is 409 g/mol. The van der Waals surface area contributed by atoms with Crippen LogP contribution in [0.25, 0.3) is 0 Å². The molecule has 1 amide bonds. The molecule has 162 valence electrons. The molecule has 0 aliphatic carbocycles. The van der Waals surface area contributed by atoms with Gasteiger partial charge in [-0.1, -0.05) is 12.1 Å². The Bertz CT molecular complexity index is 823. The van der Waals surface area contributed by atoms with Gasteiger partial charge in [0.25, 0.3) is 0 Å². The number of benzene rings is 1. The number of likely N-dealkylation sites (tertiary alicyclic amines) is 1. The Labute approximate surface area is 168 Å². The van der Waals surface area contributed by atoms with Crippen LogP contribution in [0.5, 0.6) is 0 Å². The average Bonchev–Trinajstić information content (AvgIpc) is 3.05. The van der Waals surface area contributed by atoms with Crippen molar-refractivity contribution in [1.29, 1.82) is 0 Å². The summed E-state index contributed by atoms with van der Waals surface area (Å²) in [6.07, 6.45) is -1.59. The molecule has 2 aliphatic heterocycles. The van der Waals surface area contributed by atoms with Crippen molar-refractivity contribution in [3.8, 4) is 0 Å². The molecule has 3 rings (SSSR count). The predicted octanol–water partition coefficient (Wildman–Crippen LogP) is 2.86. The number of halogens is 3. The van der Waals surface area contributed by atoms with Crippen molar-refractivity contribution in [2.45, 2.75) is 50.4 Å². The minimum atomic E-state index is -4.54. The van der Waals surface area contributed by atoms with Crippen LogP contribution in [0.3, 0.4) is 0 Å². The number of ether oxygens (including phenoxy) is 1. The summed E-state index contributed by atoms with van der Waals surface area (Å²) in [6.45, 7) is 0.951. The lowest BCUT2D eigenvalue weighted by Gasteiger charge is -2.27. The molecule has 0 spiro atoms. The molecule has 10 heteroatoms. The van der Waals surface area contributed by atoms with Crippen LogP contribution in [0.1, 0.15) is 49.3 Å². The first-order valence-corrected chi connectivity index (χ1v) is 11.4. The summed E-state index contributed by atoms with van der Waals surface area (Å²) in [7, 11) is -3.83. The lowest BCUT2D eigenvalue weighted by atomic mass is 10.0. The maximum absolute atomic E-state index is 13.1. The van der Waals surface area contributed by atoms with Gasteiger partial charge in [-0.3, -0.25) is 4.79 Å². The van der Waals surface area contributed by atoms with Gasteiger partial charge in [0.05, 0.1) is 23.5 Å². The fourth-order valence-corrected chi connectivity index (χ4v) is 5.20. The van der Waals surface area contributed by atoms with Gasteiger partial charge in [-0.2, -0.15) is 13.2 Å². The number of carbonyl (C=O) groups excluding carboxylic acids is 1. The summed E-state index contributed by atoms with van der Waals surface area (Å²) >= 11 is 0. The largest absolute Gasteiger partial charge is 0.416 e. The van der Waals surface area contributed by atoms with E-state index in [0.717, 1.165) is 25.0 Å². The van der Waals surface area contributed by atoms with E-state index in [-0.39, 0.29) is 23.8 Å². The maximum atomic E-state index is 13.1. The molecule has 2 heterocycles. The molecule has 1 N–H and O–H groups in total. The van der Waals surface area contributed by atoms with Crippen LogP contribution >= 0.6 is 0 Å². The number of nitrogens with one attached hydrogen (secondary N) is 1. The van der Waals surface area contributed by atoms with Crippen LogP contribution < -0.4 is 4.72 Å². The molecule has 1 aromatic rings. The zero-order valence-corrected chi connectivity index (χ0v) is 16.8. The molecule has 2 atom stereocenters. The van der Waals surface area contributed by atoms with Gasteiger partial charge in [0, 0.05) is 26.1 Å². The lowest BCUT2D eigenvalue weighted by Crippen LogP contribution is -2.42. The van der Waals surface area contributed by atoms with E-state index >= 15 is 0 Å². The van der Waals surface area contributed by atoms with Crippen molar-refractivity contribution in [2.75, 3.05) is 25.4 Å². The Morgan fingerprint density at radius 1 is 1.24 bits per heavy atom. The van der Waals surface area contributed by atoms with Crippen molar-refractivity contribution in [2.24, 2.45) is 0 Å². The Morgan fingerprint density at radius 3 is 2.66 bits per heavy atom. The Morgan fingerprint density at radius 2 is 2.03 bits per heavy atom. The highest BCUT2D eigenvalue weighted by Crippen LogP contribution is 2.31. The van der Waals surface area contributed by atoms with E-state index in [0.29, 0.717) is 32.4 Å². The minimum absolute atomic E-state index is 0.00903. The zero-order chi connectivity index (χ0) is 21.1. The van der Waals surface area contributed by atoms with Crippen molar-refractivity contribution >= 4 is 15.9 Å². The van der Waals surface area contributed by atoms with E-state index in [1.54, 1.807) is 0 Å². The van der Waals surface area contributed by atoms with E-state index in [1.165, 1.54) is 17.0 Å². The smallest absolute Gasteiger partial charge is 0.377 e. The summed E-state index contributed by atoms with van der Waals surface area (Å²) in [5, 5.41) is 0. The first kappa shape index (κ1) is 22.0. The summed E-state index contributed by atoms with van der Waals surface area (Å²) in [5.74, 6) is -0.382. The van der Waals surface area contributed by atoms with Crippen LogP contribution in [0.15, 0.2) is 24.3 Å². The Kier molecular flexibility index (Phi) is 6.85. The second-order valence-electron chi connectivity index (χ2n) is 7.51. The lowest BCUT2D eigenvalue weighted by molar-refractivity contribution is -0.137. The number of carbonyl (C=O) groups is 1. The molecule has 6 nitrogen and oxygen atoms in total. The molecule has 0 aromatic heterocycles. The van der Waals surface area contributed by atoms with Gasteiger partial charge >= 0.3 is 6.18 Å². The van der Waals surface area contributed by atoms with E-state index < -0.39 is 33.9 Å². The highest BCUT2D eigenvalue weighted by Gasteiger charge is 2.33. The van der Waals surface area contributed by atoms with Gasteiger partial charge in [0.1, 0.15) is 0 Å². The molecule has 29 heavy (non-hydrogen) atoms. The normalized spacial score (nSPS) is 22.1. The fourth-order valence-electron chi connectivity index (χ4n) is 3.71. The molecule has 0 bridgehead atoms. The van der Waals surface area contributed by atoms with Gasteiger partial charge in [-0.05, 0) is 43.4 Å². The van der Waals surface area contributed by atoms with E-state index in [4.69, 9.17) is 4.74 Å². The first-order chi connectivity index (χ1) is 13.6. The summed E-state index contributed by atoms with van der Waals surface area (Å²) in [4.78, 5) is 13.5. The molecule has 0 radical (unpaired) electrons. The van der Waals surface area contributed by atoms with Gasteiger partial charge < -0.3 is 9.64 Å². The average molecular weight is 434 g/mol. The van der Waals surface area contributed by atoms with Gasteiger partial charge in [-0.15, -0.1) is 0 Å². The Balaban J connectivity index is 1.81. The van der Waals surface area contributed by atoms with Gasteiger partial charge in [0.15, 0.2) is 0 Å². The predicted molar refractivity (Wildman–Crippen MR) is 101 cm³/mol. The van der Waals surface area contributed by atoms with Crippen molar-refractivity contribution < 1.29 is 31.1 Å². The van der Waals surface area contributed by atoms with Crippen LogP contribution in [0, 0.1) is 0 Å². The number of sulfonamides is 1. The second kappa shape index (κ2) is 9.01. The number of hydrogen-bond donors (Lipinski definition) is 1. The van der Waals surface area contributed by atoms with E-state index in [9.17, 15) is 26.4 Å². The minimum Gasteiger partial charge on any atom is -0.377 e. The highest BCUT2D eigenvalue weighted by atomic mass is 32.2. The third-order valence-electron chi connectivity index (χ3n) is 5.19. The molecule has 2 saturated heterocycles. The third kappa shape index (κ3) is 6.16. The SMILES string of the molecule is O=C1CCCN1CC(NS(=O)(=O)CC1CCCCO1)c1cccc(C(F)(F)F)c1. The van der Waals surface area contributed by atoms with Crippen molar-refractivity contribution in [3.05, 3.63) is 35.4 Å². The third-order valence-corrected chi connectivity index (χ3v) is 6.65. The quantitative estimate of drug-likeness (QED) is 0.716. The maximum Gasteiger partial charge on any atom is 0.416 e. The van der Waals surface area contributed by atoms with E-state index in [1.807, 2.05) is 0 Å². The monoisotopic (exact) mass is 434 g/mol. The number of alkyl halides is 3. The highest BCUT2D eigenvalue weighted by molar-refractivity contribution is 7.89. The first-order valence-electron chi connectivity index (χ1n) is 9.70. The van der Waals surface area contributed by atoms with Gasteiger partial charge in [-0.25, -0.2) is 13.1 Å². The number of hydrogen-bond acceptors (Lipinski definition) is 4. The summed E-state index contributed by atoms with van der Waals surface area (Å²) in [5.41, 5.74) is -0.685. The standard InChI is InChI=1S/C19H25F3N2O4S/c20-19(21,22)15-6-3-5-14(11-15)17(12-24-9-4-8-18(24)25)23-29(26,27)13-16-7-1-2-10-28-16/h3,5-6,11,16-17,23H,1-2,4,7-10,12-13H2.